The summed E-state index contributed by atoms with van der Waals surface area (Å²) in [6.07, 6.45) is 5.15. The van der Waals surface area contributed by atoms with Crippen molar-refractivity contribution in [2.75, 3.05) is 0 Å². The molecule has 0 saturated carbocycles. The number of benzene rings is 1. The highest BCUT2D eigenvalue weighted by Crippen LogP contribution is 2.30. The Balaban J connectivity index is 2.39. The molecule has 1 aliphatic carbocycles. The highest BCUT2D eigenvalue weighted by molar-refractivity contribution is 5.70. The molecule has 1 atom stereocenters. The van der Waals surface area contributed by atoms with Gasteiger partial charge < -0.3 is 5.73 Å². The number of aryl methyl sites for hydroxylation is 1. The summed E-state index contributed by atoms with van der Waals surface area (Å²) in [7, 11) is 0. The van der Waals surface area contributed by atoms with Crippen molar-refractivity contribution in [2.24, 2.45) is 11.7 Å². The van der Waals surface area contributed by atoms with Crippen molar-refractivity contribution in [3.63, 3.8) is 0 Å². The zero-order valence-corrected chi connectivity index (χ0v) is 9.33. The van der Waals surface area contributed by atoms with E-state index in [4.69, 9.17) is 5.73 Å². The standard InChI is InChI=1S/C14H17N/c1-10-4-3-5-12(8-10)14-7-6-13(15)9-11(14)2/h3-8,11H,9,15H2,1-2H3. The first-order valence-electron chi connectivity index (χ1n) is 5.40. The average Bonchev–Trinajstić information content (AvgIpc) is 2.17. The predicted molar refractivity (Wildman–Crippen MR) is 65.2 cm³/mol. The van der Waals surface area contributed by atoms with E-state index in [1.165, 1.54) is 16.7 Å². The summed E-state index contributed by atoms with van der Waals surface area (Å²) < 4.78 is 0. The van der Waals surface area contributed by atoms with Crippen LogP contribution in [-0.2, 0) is 0 Å². The van der Waals surface area contributed by atoms with Gasteiger partial charge in [-0.2, -0.15) is 0 Å². The fourth-order valence-corrected chi connectivity index (χ4v) is 2.10. The molecular weight excluding hydrogens is 182 g/mol. The normalized spacial score (nSPS) is 20.8. The van der Waals surface area contributed by atoms with Crippen molar-refractivity contribution in [3.8, 4) is 0 Å². The van der Waals surface area contributed by atoms with E-state index in [2.05, 4.69) is 44.2 Å². The van der Waals surface area contributed by atoms with Gasteiger partial charge >= 0.3 is 0 Å². The SMILES string of the molecule is Cc1cccc(C2=CC=C(N)CC2C)c1. The number of nitrogens with two attached hydrogens (primary N) is 1. The summed E-state index contributed by atoms with van der Waals surface area (Å²) in [5.41, 5.74) is 10.8. The van der Waals surface area contributed by atoms with Gasteiger partial charge in [0.15, 0.2) is 0 Å². The van der Waals surface area contributed by atoms with Gasteiger partial charge in [-0.3, -0.25) is 0 Å². The number of rotatable bonds is 1. The van der Waals surface area contributed by atoms with Crippen LogP contribution in [0.5, 0.6) is 0 Å². The van der Waals surface area contributed by atoms with Crippen LogP contribution in [0.4, 0.5) is 0 Å². The van der Waals surface area contributed by atoms with E-state index in [1.54, 1.807) is 0 Å². The third kappa shape index (κ3) is 2.12. The second-order valence-corrected chi connectivity index (χ2v) is 4.34. The van der Waals surface area contributed by atoms with Crippen molar-refractivity contribution >= 4 is 5.57 Å². The molecule has 0 aromatic heterocycles. The molecule has 1 heteroatoms. The summed E-state index contributed by atoms with van der Waals surface area (Å²) in [6.45, 7) is 4.36. The minimum absolute atomic E-state index is 0.525. The molecule has 1 aliphatic rings. The van der Waals surface area contributed by atoms with Crippen LogP contribution in [-0.4, -0.2) is 0 Å². The Bertz CT molecular complexity index is 427. The van der Waals surface area contributed by atoms with Gasteiger partial charge in [-0.15, -0.1) is 0 Å². The van der Waals surface area contributed by atoms with Crippen LogP contribution < -0.4 is 5.73 Å². The van der Waals surface area contributed by atoms with Crippen molar-refractivity contribution in [1.29, 1.82) is 0 Å². The van der Waals surface area contributed by atoms with E-state index in [9.17, 15) is 0 Å². The Kier molecular flexibility index (Phi) is 2.63. The van der Waals surface area contributed by atoms with Crippen LogP contribution >= 0.6 is 0 Å². The molecule has 1 unspecified atom stereocenters. The monoisotopic (exact) mass is 199 g/mol. The van der Waals surface area contributed by atoms with E-state index in [-0.39, 0.29) is 0 Å². The summed E-state index contributed by atoms with van der Waals surface area (Å²) in [5, 5.41) is 0. The summed E-state index contributed by atoms with van der Waals surface area (Å²) >= 11 is 0. The molecule has 0 bridgehead atoms. The van der Waals surface area contributed by atoms with Crippen LogP contribution in [0, 0.1) is 12.8 Å². The van der Waals surface area contributed by atoms with Gasteiger partial charge in [0.25, 0.3) is 0 Å². The molecule has 1 nitrogen and oxygen atoms in total. The molecule has 1 aromatic carbocycles. The molecule has 0 heterocycles. The molecule has 0 aliphatic heterocycles. The molecule has 15 heavy (non-hydrogen) atoms. The van der Waals surface area contributed by atoms with Crippen LogP contribution in [0.3, 0.4) is 0 Å². The van der Waals surface area contributed by atoms with Crippen LogP contribution in [0.25, 0.3) is 5.57 Å². The second-order valence-electron chi connectivity index (χ2n) is 4.34. The number of hydrogen-bond donors (Lipinski definition) is 1. The lowest BCUT2D eigenvalue weighted by atomic mass is 9.86. The molecular formula is C14H17N. The highest BCUT2D eigenvalue weighted by Gasteiger charge is 2.14. The summed E-state index contributed by atoms with van der Waals surface area (Å²) in [6, 6.07) is 8.64. The van der Waals surface area contributed by atoms with Gasteiger partial charge in [0, 0.05) is 5.70 Å². The second kappa shape index (κ2) is 3.93. The first-order valence-corrected chi connectivity index (χ1v) is 5.40. The van der Waals surface area contributed by atoms with Gasteiger partial charge in [0.2, 0.25) is 0 Å². The Morgan fingerprint density at radius 3 is 2.73 bits per heavy atom. The third-order valence-corrected chi connectivity index (χ3v) is 2.90. The molecule has 78 valence electrons. The Morgan fingerprint density at radius 1 is 1.27 bits per heavy atom. The Labute approximate surface area is 91.3 Å². The average molecular weight is 199 g/mol. The predicted octanol–water partition coefficient (Wildman–Crippen LogP) is 3.26. The highest BCUT2D eigenvalue weighted by atomic mass is 14.6. The molecule has 1 aromatic rings. The fraction of sp³-hybridized carbons (Fsp3) is 0.286. The lowest BCUT2D eigenvalue weighted by molar-refractivity contribution is 0.721. The van der Waals surface area contributed by atoms with E-state index < -0.39 is 0 Å². The number of allylic oxidation sites excluding steroid dienone is 4. The summed E-state index contributed by atoms with van der Waals surface area (Å²) in [4.78, 5) is 0. The van der Waals surface area contributed by atoms with E-state index in [1.807, 2.05) is 6.08 Å². The van der Waals surface area contributed by atoms with Gasteiger partial charge in [-0.1, -0.05) is 42.8 Å². The summed E-state index contributed by atoms with van der Waals surface area (Å²) in [5.74, 6) is 0.525. The smallest absolute Gasteiger partial charge is 0.00865 e. The van der Waals surface area contributed by atoms with Gasteiger partial charge in [0.1, 0.15) is 0 Å². The molecule has 2 rings (SSSR count). The van der Waals surface area contributed by atoms with E-state index in [0.29, 0.717) is 5.92 Å². The fourth-order valence-electron chi connectivity index (χ4n) is 2.10. The molecule has 0 spiro atoms. The van der Waals surface area contributed by atoms with Gasteiger partial charge in [0.05, 0.1) is 0 Å². The molecule has 0 fully saturated rings. The van der Waals surface area contributed by atoms with Crippen molar-refractivity contribution in [1.82, 2.24) is 0 Å². The zero-order chi connectivity index (χ0) is 10.8. The maximum absolute atomic E-state index is 5.81. The Morgan fingerprint density at radius 2 is 2.07 bits per heavy atom. The van der Waals surface area contributed by atoms with Crippen molar-refractivity contribution in [2.45, 2.75) is 20.3 Å². The minimum Gasteiger partial charge on any atom is -0.402 e. The van der Waals surface area contributed by atoms with Gasteiger partial charge in [-0.25, -0.2) is 0 Å². The minimum atomic E-state index is 0.525. The van der Waals surface area contributed by atoms with Crippen LogP contribution in [0.15, 0.2) is 42.1 Å². The quantitative estimate of drug-likeness (QED) is 0.738. The lowest BCUT2D eigenvalue weighted by Gasteiger charge is -2.20. The Hall–Kier alpha value is -1.50. The molecule has 2 N–H and O–H groups in total. The maximum Gasteiger partial charge on any atom is 0.00865 e. The zero-order valence-electron chi connectivity index (χ0n) is 9.33. The first kappa shape index (κ1) is 10.0. The maximum atomic E-state index is 5.81. The van der Waals surface area contributed by atoms with E-state index >= 15 is 0 Å². The van der Waals surface area contributed by atoms with Gasteiger partial charge in [-0.05, 0) is 36.5 Å². The van der Waals surface area contributed by atoms with Crippen molar-refractivity contribution < 1.29 is 0 Å². The third-order valence-electron chi connectivity index (χ3n) is 2.90. The van der Waals surface area contributed by atoms with Crippen LogP contribution in [0.1, 0.15) is 24.5 Å². The largest absolute Gasteiger partial charge is 0.402 e. The molecule has 0 saturated heterocycles. The molecule has 0 radical (unpaired) electrons. The van der Waals surface area contributed by atoms with Crippen molar-refractivity contribution in [3.05, 3.63) is 53.2 Å². The number of hydrogen-bond acceptors (Lipinski definition) is 1. The van der Waals surface area contributed by atoms with Crippen LogP contribution in [0.2, 0.25) is 0 Å². The molecule has 0 amide bonds. The van der Waals surface area contributed by atoms with E-state index in [0.717, 1.165) is 12.1 Å². The topological polar surface area (TPSA) is 26.0 Å². The first-order chi connectivity index (χ1) is 7.16. The lowest BCUT2D eigenvalue weighted by Crippen LogP contribution is -2.09.